The summed E-state index contributed by atoms with van der Waals surface area (Å²) in [4.78, 5) is 0. The van der Waals surface area contributed by atoms with Crippen LogP contribution >= 0.6 is 0 Å². The SMILES string of the molecule is CC1C2[C@@H]3CC[C@@H]4[C@H](CC[C@@]5(C)[C@H]4CC[C@@H]5[C@@](C)(O)Cn4cc(C#N)cn4)[C@H]3CC[C@]12O. The van der Waals surface area contributed by atoms with Crippen LogP contribution in [0.3, 0.4) is 0 Å². The van der Waals surface area contributed by atoms with E-state index < -0.39 is 5.60 Å². The van der Waals surface area contributed by atoms with E-state index >= 15 is 0 Å². The highest BCUT2D eigenvalue weighted by Gasteiger charge is 2.69. The molecule has 1 heterocycles. The lowest BCUT2D eigenvalue weighted by Crippen LogP contribution is -2.53. The van der Waals surface area contributed by atoms with Gasteiger partial charge in [-0.3, -0.25) is 4.68 Å². The first-order valence-electron chi connectivity index (χ1n) is 13.1. The van der Waals surface area contributed by atoms with Crippen molar-refractivity contribution in [3.8, 4) is 6.07 Å². The van der Waals surface area contributed by atoms with Gasteiger partial charge in [-0.2, -0.15) is 10.4 Å². The van der Waals surface area contributed by atoms with Crippen molar-refractivity contribution in [2.75, 3.05) is 0 Å². The Kier molecular flexibility index (Phi) is 4.52. The Hall–Kier alpha value is -1.38. The minimum absolute atomic E-state index is 0.186. The molecule has 1 aromatic heterocycles. The Balaban J connectivity index is 1.21. The van der Waals surface area contributed by atoms with E-state index in [1.54, 1.807) is 17.1 Å². The second-order valence-electron chi connectivity index (χ2n) is 12.8. The Bertz CT molecular complexity index is 949. The van der Waals surface area contributed by atoms with Gasteiger partial charge < -0.3 is 10.2 Å². The maximum atomic E-state index is 11.7. The standard InChI is InChI=1S/C27H39N3O2/c1-16-24-21-5-4-20-18(19(21)9-11-27(16,24)32)8-10-25(2)22(20)6-7-23(25)26(3,31)15-30-14-17(12-28)13-29-30/h13-14,16,18-24,31-32H,4-11,15H2,1-3H3/t16?,18-,19-,20-,21-,22+,23+,24?,25+,26+,27+/m1/s1. The number of hydrogen-bond acceptors (Lipinski definition) is 4. The first-order chi connectivity index (χ1) is 15.2. The molecule has 0 spiro atoms. The van der Waals surface area contributed by atoms with Gasteiger partial charge in [-0.05, 0) is 111 Å². The number of aromatic nitrogens is 2. The molecule has 0 amide bonds. The summed E-state index contributed by atoms with van der Waals surface area (Å²) in [7, 11) is 0. The Morgan fingerprint density at radius 2 is 1.84 bits per heavy atom. The zero-order valence-electron chi connectivity index (χ0n) is 19.9. The Labute approximate surface area is 192 Å². The van der Waals surface area contributed by atoms with Crippen LogP contribution in [0.2, 0.25) is 0 Å². The van der Waals surface area contributed by atoms with Crippen LogP contribution in [0, 0.1) is 64.1 Å². The Morgan fingerprint density at radius 3 is 2.59 bits per heavy atom. The summed E-state index contributed by atoms with van der Waals surface area (Å²) in [5, 5.41) is 36.1. The number of fused-ring (bicyclic) bond motifs is 7. The van der Waals surface area contributed by atoms with Gasteiger partial charge in [-0.15, -0.1) is 0 Å². The van der Waals surface area contributed by atoms with Gasteiger partial charge in [0.2, 0.25) is 0 Å². The molecule has 1 aromatic rings. The molecule has 0 aromatic carbocycles. The predicted octanol–water partition coefficient (Wildman–Crippen LogP) is 4.38. The van der Waals surface area contributed by atoms with E-state index in [9.17, 15) is 10.2 Å². The van der Waals surface area contributed by atoms with Crippen LogP contribution < -0.4 is 0 Å². The molecule has 5 fully saturated rings. The molecule has 0 saturated heterocycles. The number of nitriles is 1. The van der Waals surface area contributed by atoms with Crippen molar-refractivity contribution in [1.82, 2.24) is 9.78 Å². The van der Waals surface area contributed by atoms with Crippen LogP contribution in [0.1, 0.15) is 77.7 Å². The molecule has 5 aliphatic carbocycles. The minimum atomic E-state index is -0.822. The summed E-state index contributed by atoms with van der Waals surface area (Å²) in [6, 6.07) is 2.14. The molecule has 0 radical (unpaired) electrons. The topological polar surface area (TPSA) is 82.1 Å². The largest absolute Gasteiger partial charge is 0.389 e. The predicted molar refractivity (Wildman–Crippen MR) is 121 cm³/mol. The number of rotatable bonds is 3. The maximum Gasteiger partial charge on any atom is 0.102 e. The van der Waals surface area contributed by atoms with Crippen LogP contribution in [0.15, 0.2) is 12.4 Å². The van der Waals surface area contributed by atoms with E-state index in [-0.39, 0.29) is 16.9 Å². The summed E-state index contributed by atoms with van der Waals surface area (Å²) in [5.41, 5.74) is -0.410. The quantitative estimate of drug-likeness (QED) is 0.735. The first kappa shape index (κ1) is 21.2. The van der Waals surface area contributed by atoms with E-state index in [0.29, 0.717) is 29.9 Å². The molecule has 5 nitrogen and oxygen atoms in total. The van der Waals surface area contributed by atoms with E-state index in [4.69, 9.17) is 5.26 Å². The van der Waals surface area contributed by atoms with Crippen molar-refractivity contribution >= 4 is 0 Å². The van der Waals surface area contributed by atoms with Gasteiger partial charge in [0.05, 0.1) is 29.5 Å². The molecule has 174 valence electrons. The number of aliphatic hydroxyl groups is 2. The molecular formula is C27H39N3O2. The molecule has 0 aliphatic heterocycles. The molecule has 2 N–H and O–H groups in total. The van der Waals surface area contributed by atoms with Crippen LogP contribution in [-0.2, 0) is 6.54 Å². The monoisotopic (exact) mass is 437 g/mol. The van der Waals surface area contributed by atoms with Gasteiger partial charge in [0, 0.05) is 6.20 Å². The summed E-state index contributed by atoms with van der Waals surface area (Å²) in [6.07, 6.45) is 13.1. The molecule has 5 aliphatic rings. The average molecular weight is 438 g/mol. The van der Waals surface area contributed by atoms with E-state index in [2.05, 4.69) is 25.0 Å². The Morgan fingerprint density at radius 1 is 1.12 bits per heavy atom. The van der Waals surface area contributed by atoms with E-state index in [1.807, 2.05) is 6.92 Å². The van der Waals surface area contributed by atoms with Crippen LogP contribution in [0.25, 0.3) is 0 Å². The average Bonchev–Trinajstić information content (AvgIpc) is 3.09. The summed E-state index contributed by atoms with van der Waals surface area (Å²) in [6.45, 7) is 7.20. The summed E-state index contributed by atoms with van der Waals surface area (Å²) >= 11 is 0. The lowest BCUT2D eigenvalue weighted by atomic mass is 9.49. The molecule has 2 unspecified atom stereocenters. The van der Waals surface area contributed by atoms with Crippen molar-refractivity contribution in [1.29, 1.82) is 5.26 Å². The molecular weight excluding hydrogens is 398 g/mol. The molecule has 6 rings (SSSR count). The molecule has 5 saturated carbocycles. The van der Waals surface area contributed by atoms with Crippen LogP contribution in [0.4, 0.5) is 0 Å². The third-order valence-corrected chi connectivity index (χ3v) is 11.6. The van der Waals surface area contributed by atoms with E-state index in [0.717, 1.165) is 36.5 Å². The van der Waals surface area contributed by atoms with Crippen molar-refractivity contribution in [2.45, 2.75) is 89.9 Å². The number of hydrogen-bond donors (Lipinski definition) is 2. The zero-order chi connectivity index (χ0) is 22.5. The number of nitrogens with zero attached hydrogens (tertiary/aromatic N) is 3. The smallest absolute Gasteiger partial charge is 0.102 e. The lowest BCUT2D eigenvalue weighted by molar-refractivity contribution is -0.119. The van der Waals surface area contributed by atoms with Crippen molar-refractivity contribution in [2.24, 2.45) is 52.8 Å². The molecule has 11 atom stereocenters. The summed E-state index contributed by atoms with van der Waals surface area (Å²) in [5.74, 6) is 5.27. The first-order valence-corrected chi connectivity index (χ1v) is 13.1. The van der Waals surface area contributed by atoms with Gasteiger partial charge >= 0.3 is 0 Å². The zero-order valence-corrected chi connectivity index (χ0v) is 19.9. The fourth-order valence-corrected chi connectivity index (χ4v) is 10.2. The highest BCUT2D eigenvalue weighted by molar-refractivity contribution is 5.22. The van der Waals surface area contributed by atoms with Crippen molar-refractivity contribution in [3.05, 3.63) is 18.0 Å². The highest BCUT2D eigenvalue weighted by Crippen LogP contribution is 2.71. The van der Waals surface area contributed by atoms with Crippen molar-refractivity contribution < 1.29 is 10.2 Å². The maximum absolute atomic E-state index is 11.7. The van der Waals surface area contributed by atoms with Gasteiger partial charge in [0.1, 0.15) is 6.07 Å². The highest BCUT2D eigenvalue weighted by atomic mass is 16.3. The third-order valence-electron chi connectivity index (χ3n) is 11.6. The molecule has 0 bridgehead atoms. The van der Waals surface area contributed by atoms with Gasteiger partial charge in [0.15, 0.2) is 0 Å². The summed E-state index contributed by atoms with van der Waals surface area (Å²) < 4.78 is 1.76. The minimum Gasteiger partial charge on any atom is -0.389 e. The van der Waals surface area contributed by atoms with Gasteiger partial charge in [-0.25, -0.2) is 0 Å². The second kappa shape index (κ2) is 6.83. The normalized spacial score (nSPS) is 50.9. The van der Waals surface area contributed by atoms with Crippen molar-refractivity contribution in [3.63, 3.8) is 0 Å². The molecule has 32 heavy (non-hydrogen) atoms. The van der Waals surface area contributed by atoms with Gasteiger partial charge in [-0.1, -0.05) is 13.8 Å². The van der Waals surface area contributed by atoms with Crippen LogP contribution in [-0.4, -0.2) is 31.2 Å². The van der Waals surface area contributed by atoms with Gasteiger partial charge in [0.25, 0.3) is 0 Å². The van der Waals surface area contributed by atoms with Crippen LogP contribution in [0.5, 0.6) is 0 Å². The fourth-order valence-electron chi connectivity index (χ4n) is 10.2. The second-order valence-corrected chi connectivity index (χ2v) is 12.8. The lowest BCUT2D eigenvalue weighted by Gasteiger charge is -2.57. The molecule has 5 heteroatoms. The van der Waals surface area contributed by atoms with E-state index in [1.165, 1.54) is 38.5 Å². The fraction of sp³-hybridized carbons (Fsp3) is 0.852. The third kappa shape index (κ3) is 2.78.